The second-order valence-electron chi connectivity index (χ2n) is 9.92. The third-order valence-electron chi connectivity index (χ3n) is 6.82. The average molecular weight is 612 g/mol. The molecular formula is C31H32Cl2N4O5. The Labute approximate surface area is 254 Å². The van der Waals surface area contributed by atoms with Crippen LogP contribution in [0.2, 0.25) is 10.0 Å². The summed E-state index contributed by atoms with van der Waals surface area (Å²) in [5.74, 6) is -1.85. The number of amides is 4. The van der Waals surface area contributed by atoms with E-state index in [0.29, 0.717) is 0 Å². The minimum Gasteiger partial charge on any atom is -0.464 e. The molecule has 0 aliphatic heterocycles. The van der Waals surface area contributed by atoms with Gasteiger partial charge in [-0.3, -0.25) is 9.59 Å². The number of rotatable bonds is 10. The Morgan fingerprint density at radius 3 is 2.57 bits per heavy atom. The second kappa shape index (κ2) is 14.2. The molecule has 9 nitrogen and oxygen atoms in total. The predicted molar refractivity (Wildman–Crippen MR) is 162 cm³/mol. The summed E-state index contributed by atoms with van der Waals surface area (Å²) in [6.07, 6.45) is 1.72. The van der Waals surface area contributed by atoms with E-state index in [1.165, 1.54) is 17.7 Å². The van der Waals surface area contributed by atoms with Gasteiger partial charge in [-0.1, -0.05) is 77.3 Å². The first-order chi connectivity index (χ1) is 20.2. The van der Waals surface area contributed by atoms with Crippen molar-refractivity contribution in [1.82, 2.24) is 16.0 Å². The zero-order chi connectivity index (χ0) is 30.2. The molecule has 4 N–H and O–H groups in total. The van der Waals surface area contributed by atoms with Crippen molar-refractivity contribution in [2.24, 2.45) is 0 Å². The highest BCUT2D eigenvalue weighted by molar-refractivity contribution is 6.41. The van der Waals surface area contributed by atoms with Crippen LogP contribution in [-0.4, -0.2) is 43.0 Å². The fraction of sp³-hybridized carbons (Fsp3) is 0.290. The third-order valence-corrected chi connectivity index (χ3v) is 7.53. The van der Waals surface area contributed by atoms with Crippen LogP contribution in [0.5, 0.6) is 0 Å². The summed E-state index contributed by atoms with van der Waals surface area (Å²) in [5.41, 5.74) is 4.14. The molecule has 0 bridgehead atoms. The molecule has 4 rings (SSSR count). The van der Waals surface area contributed by atoms with E-state index in [-0.39, 0.29) is 52.8 Å². The van der Waals surface area contributed by atoms with Crippen LogP contribution in [0.4, 0.5) is 10.5 Å². The van der Waals surface area contributed by atoms with Gasteiger partial charge in [0.15, 0.2) is 0 Å². The first kappa shape index (κ1) is 30.9. The minimum atomic E-state index is -1.23. The van der Waals surface area contributed by atoms with Gasteiger partial charge in [-0.25, -0.2) is 9.59 Å². The summed E-state index contributed by atoms with van der Waals surface area (Å²) in [6.45, 7) is 3.39. The summed E-state index contributed by atoms with van der Waals surface area (Å²) in [6, 6.07) is 16.5. The smallest absolute Gasteiger partial charge is 0.330 e. The number of halogens is 2. The number of fused-ring (bicyclic) bond motifs is 1. The molecule has 220 valence electrons. The molecule has 1 aliphatic carbocycles. The Morgan fingerprint density at radius 1 is 1.02 bits per heavy atom. The van der Waals surface area contributed by atoms with Crippen molar-refractivity contribution >= 4 is 52.7 Å². The number of carbonyl (C=O) groups is 4. The highest BCUT2D eigenvalue weighted by atomic mass is 35.5. The van der Waals surface area contributed by atoms with Crippen LogP contribution in [-0.2, 0) is 27.2 Å². The predicted octanol–water partition coefficient (Wildman–Crippen LogP) is 5.13. The van der Waals surface area contributed by atoms with Crippen molar-refractivity contribution in [3.8, 4) is 0 Å². The SMILES string of the molecule is CCOC(=O)[C@H](CNC(=O)N[C@@H]1CCc2ccccc21)NC(=O)c1c(Cl)ccc(NC(=O)Cc2cccc(C)c2)c1Cl. The highest BCUT2D eigenvalue weighted by Gasteiger charge is 2.28. The molecule has 0 unspecified atom stereocenters. The largest absolute Gasteiger partial charge is 0.464 e. The molecule has 0 radical (unpaired) electrons. The van der Waals surface area contributed by atoms with Crippen molar-refractivity contribution in [1.29, 1.82) is 0 Å². The Bertz CT molecular complexity index is 1500. The van der Waals surface area contributed by atoms with E-state index in [1.54, 1.807) is 6.92 Å². The number of carbonyl (C=O) groups excluding carboxylic acids is 4. The monoisotopic (exact) mass is 610 g/mol. The Balaban J connectivity index is 1.42. The average Bonchev–Trinajstić information content (AvgIpc) is 3.35. The van der Waals surface area contributed by atoms with Gasteiger partial charge in [-0.15, -0.1) is 0 Å². The van der Waals surface area contributed by atoms with Crippen LogP contribution in [0.15, 0.2) is 60.7 Å². The van der Waals surface area contributed by atoms with Gasteiger partial charge < -0.3 is 26.0 Å². The molecule has 2 atom stereocenters. The topological polar surface area (TPSA) is 126 Å². The van der Waals surface area contributed by atoms with Gasteiger partial charge in [0.1, 0.15) is 6.04 Å². The number of hydrogen-bond donors (Lipinski definition) is 4. The van der Waals surface area contributed by atoms with Crippen LogP contribution in [0, 0.1) is 6.92 Å². The summed E-state index contributed by atoms with van der Waals surface area (Å²) in [7, 11) is 0. The van der Waals surface area contributed by atoms with Crippen LogP contribution in [0.3, 0.4) is 0 Å². The quantitative estimate of drug-likeness (QED) is 0.237. The maximum absolute atomic E-state index is 13.3. The molecule has 42 heavy (non-hydrogen) atoms. The van der Waals surface area contributed by atoms with E-state index in [1.807, 2.05) is 55.5 Å². The zero-order valence-corrected chi connectivity index (χ0v) is 24.8. The number of urea groups is 1. The van der Waals surface area contributed by atoms with Crippen molar-refractivity contribution in [2.45, 2.75) is 45.2 Å². The zero-order valence-electron chi connectivity index (χ0n) is 23.3. The van der Waals surface area contributed by atoms with Crippen LogP contribution >= 0.6 is 23.2 Å². The van der Waals surface area contributed by atoms with Gasteiger partial charge in [0.25, 0.3) is 5.91 Å². The lowest BCUT2D eigenvalue weighted by molar-refractivity contribution is -0.145. The molecule has 0 heterocycles. The molecule has 0 saturated carbocycles. The number of ether oxygens (including phenoxy) is 1. The molecule has 3 aromatic rings. The lowest BCUT2D eigenvalue weighted by Gasteiger charge is -2.20. The molecule has 0 spiro atoms. The van der Waals surface area contributed by atoms with E-state index >= 15 is 0 Å². The van der Waals surface area contributed by atoms with Gasteiger partial charge in [0.05, 0.1) is 46.9 Å². The van der Waals surface area contributed by atoms with E-state index in [0.717, 1.165) is 29.5 Å². The van der Waals surface area contributed by atoms with E-state index in [9.17, 15) is 19.2 Å². The van der Waals surface area contributed by atoms with Gasteiger partial charge >= 0.3 is 12.0 Å². The van der Waals surface area contributed by atoms with E-state index < -0.39 is 23.9 Å². The number of aryl methyl sites for hydroxylation is 2. The molecule has 4 amide bonds. The lowest BCUT2D eigenvalue weighted by Crippen LogP contribution is -2.51. The molecular weight excluding hydrogens is 579 g/mol. The summed E-state index contributed by atoms with van der Waals surface area (Å²) in [5, 5.41) is 10.7. The van der Waals surface area contributed by atoms with Gasteiger partial charge in [0.2, 0.25) is 5.91 Å². The number of benzene rings is 3. The second-order valence-corrected chi connectivity index (χ2v) is 10.7. The first-order valence-electron chi connectivity index (χ1n) is 13.6. The van der Waals surface area contributed by atoms with Crippen molar-refractivity contribution in [2.75, 3.05) is 18.5 Å². The molecule has 0 aromatic heterocycles. The highest BCUT2D eigenvalue weighted by Crippen LogP contribution is 2.32. The van der Waals surface area contributed by atoms with Crippen molar-refractivity contribution < 1.29 is 23.9 Å². The fourth-order valence-electron chi connectivity index (χ4n) is 4.84. The maximum Gasteiger partial charge on any atom is 0.330 e. The molecule has 1 aliphatic rings. The van der Waals surface area contributed by atoms with Gasteiger partial charge in [-0.05, 0) is 55.5 Å². The molecule has 0 fully saturated rings. The number of nitrogens with one attached hydrogen (secondary N) is 4. The number of esters is 1. The van der Waals surface area contributed by atoms with Crippen LogP contribution in [0.1, 0.15) is 52.0 Å². The standard InChI is InChI=1S/C31H32Cl2N4O5/c1-3-42-30(40)25(17-34-31(41)37-23-13-11-20-9-4-5-10-21(20)23)36-29(39)27-22(32)12-14-24(28(27)33)35-26(38)16-19-8-6-7-18(2)15-19/h4-10,12,14-15,23,25H,3,11,13,16-17H2,1-2H3,(H,35,38)(H,36,39)(H2,34,37,41)/t23-,25+/m1/s1. The summed E-state index contributed by atoms with van der Waals surface area (Å²) >= 11 is 12.8. The Kier molecular flexibility index (Phi) is 10.4. The third kappa shape index (κ3) is 7.80. The van der Waals surface area contributed by atoms with Crippen LogP contribution < -0.4 is 21.3 Å². The van der Waals surface area contributed by atoms with Crippen LogP contribution in [0.25, 0.3) is 0 Å². The fourth-order valence-corrected chi connectivity index (χ4v) is 5.43. The molecule has 11 heteroatoms. The first-order valence-corrected chi connectivity index (χ1v) is 14.3. The summed E-state index contributed by atoms with van der Waals surface area (Å²) in [4.78, 5) is 51.3. The molecule has 0 saturated heterocycles. The van der Waals surface area contributed by atoms with E-state index in [4.69, 9.17) is 27.9 Å². The number of hydrogen-bond acceptors (Lipinski definition) is 5. The Hall–Kier alpha value is -4.08. The summed E-state index contributed by atoms with van der Waals surface area (Å²) < 4.78 is 5.11. The Morgan fingerprint density at radius 2 is 1.81 bits per heavy atom. The normalized spacial score (nSPS) is 14.3. The van der Waals surface area contributed by atoms with Crippen molar-refractivity contribution in [3.63, 3.8) is 0 Å². The van der Waals surface area contributed by atoms with E-state index in [2.05, 4.69) is 21.3 Å². The van der Waals surface area contributed by atoms with Gasteiger partial charge in [-0.2, -0.15) is 0 Å². The minimum absolute atomic E-state index is 0.0161. The number of anilines is 1. The lowest BCUT2D eigenvalue weighted by atomic mass is 10.1. The van der Waals surface area contributed by atoms with Crippen molar-refractivity contribution in [3.05, 3.63) is 98.5 Å². The van der Waals surface area contributed by atoms with Gasteiger partial charge in [0, 0.05) is 0 Å². The molecule has 3 aromatic carbocycles. The maximum atomic E-state index is 13.3.